The van der Waals surface area contributed by atoms with Gasteiger partial charge in [0.15, 0.2) is 0 Å². The van der Waals surface area contributed by atoms with Gasteiger partial charge in [-0.25, -0.2) is 0 Å². The molecule has 0 fully saturated rings. The third-order valence-corrected chi connectivity index (χ3v) is 4.59. The Balaban J connectivity index is 4.22. The molecule has 0 spiro atoms. The average Bonchev–Trinajstić information content (AvgIpc) is 1.84. The van der Waals surface area contributed by atoms with Crippen molar-refractivity contribution in [3.05, 3.63) is 0 Å². The Bertz CT molecular complexity index is 140. The zero-order valence-corrected chi connectivity index (χ0v) is 12.7. The van der Waals surface area contributed by atoms with Gasteiger partial charge < -0.3 is 4.74 Å². The van der Waals surface area contributed by atoms with Crippen LogP contribution in [0.5, 0.6) is 0 Å². The van der Waals surface area contributed by atoms with Crippen LogP contribution < -0.4 is 0 Å². The van der Waals surface area contributed by atoms with Gasteiger partial charge in [0.25, 0.3) is 0 Å². The van der Waals surface area contributed by atoms with Crippen LogP contribution in [0.15, 0.2) is 0 Å². The van der Waals surface area contributed by atoms with E-state index in [1.807, 2.05) is 0 Å². The number of rotatable bonds is 4. The minimum atomic E-state index is -0.0244. The lowest BCUT2D eigenvalue weighted by atomic mass is 9.93. The van der Waals surface area contributed by atoms with E-state index in [4.69, 9.17) is 4.74 Å². The second-order valence-corrected chi connectivity index (χ2v) is 8.22. The minimum Gasteiger partial charge on any atom is -0.361 e. The summed E-state index contributed by atoms with van der Waals surface area (Å²) in [5.41, 5.74) is -0.0244. The first-order chi connectivity index (χ1) is 5.20. The highest BCUT2D eigenvalue weighted by Crippen LogP contribution is 2.38. The van der Waals surface area contributed by atoms with E-state index in [2.05, 4.69) is 50.5 Å². The van der Waals surface area contributed by atoms with Crippen molar-refractivity contribution in [3.8, 4) is 0 Å². The van der Waals surface area contributed by atoms with Crippen LogP contribution in [0.1, 0.15) is 41.0 Å². The van der Waals surface area contributed by atoms with E-state index in [1.54, 1.807) is 0 Å². The molecule has 1 nitrogen and oxygen atoms in total. The molecule has 0 aliphatic heterocycles. The van der Waals surface area contributed by atoms with E-state index in [1.165, 1.54) is 0 Å². The first kappa shape index (κ1) is 12.7. The van der Waals surface area contributed by atoms with E-state index in [0.717, 1.165) is 16.7 Å². The molecule has 0 bridgehead atoms. The molecule has 0 aromatic heterocycles. The lowest BCUT2D eigenvalue weighted by molar-refractivity contribution is -0.0553. The van der Waals surface area contributed by atoms with E-state index in [9.17, 15) is 0 Å². The molecule has 1 atom stereocenters. The van der Waals surface area contributed by atoms with Crippen molar-refractivity contribution in [1.29, 1.82) is 0 Å². The standard InChI is InChI=1S/C9H21BrOSi/c1-6-7(10)11-8(2,3)9(4,5)12/h7H,6H2,1-5,12H3. The molecular weight excluding hydrogens is 232 g/mol. The molecule has 12 heavy (non-hydrogen) atoms. The summed E-state index contributed by atoms with van der Waals surface area (Å²) in [6.45, 7) is 11.0. The Morgan fingerprint density at radius 2 is 1.75 bits per heavy atom. The van der Waals surface area contributed by atoms with Gasteiger partial charge in [-0.2, -0.15) is 0 Å². The van der Waals surface area contributed by atoms with Crippen LogP contribution in [0.4, 0.5) is 0 Å². The largest absolute Gasteiger partial charge is 0.361 e. The van der Waals surface area contributed by atoms with Gasteiger partial charge in [-0.3, -0.25) is 0 Å². The molecule has 0 saturated carbocycles. The molecule has 0 amide bonds. The fourth-order valence-electron chi connectivity index (χ4n) is 0.580. The molecule has 0 saturated heterocycles. The highest BCUT2D eigenvalue weighted by atomic mass is 79.9. The first-order valence-electron chi connectivity index (χ1n) is 4.52. The van der Waals surface area contributed by atoms with Crippen molar-refractivity contribution in [2.75, 3.05) is 0 Å². The van der Waals surface area contributed by atoms with Crippen molar-refractivity contribution < 1.29 is 4.74 Å². The Morgan fingerprint density at radius 1 is 1.33 bits per heavy atom. The van der Waals surface area contributed by atoms with Crippen molar-refractivity contribution >= 4 is 26.2 Å². The van der Waals surface area contributed by atoms with Crippen LogP contribution in [0.25, 0.3) is 0 Å². The molecule has 74 valence electrons. The molecule has 0 N–H and O–H groups in total. The molecule has 0 radical (unpaired) electrons. The molecule has 0 heterocycles. The number of ether oxygens (including phenoxy) is 1. The van der Waals surface area contributed by atoms with Gasteiger partial charge in [0, 0.05) is 10.2 Å². The molecule has 0 aromatic rings. The first-order valence-corrected chi connectivity index (χ1v) is 6.44. The van der Waals surface area contributed by atoms with Gasteiger partial charge in [0.05, 0.1) is 5.60 Å². The summed E-state index contributed by atoms with van der Waals surface area (Å²) >= 11 is 3.50. The summed E-state index contributed by atoms with van der Waals surface area (Å²) in [7, 11) is 1.15. The molecule has 0 rings (SSSR count). The van der Waals surface area contributed by atoms with Crippen LogP contribution >= 0.6 is 15.9 Å². The highest BCUT2D eigenvalue weighted by Gasteiger charge is 2.34. The van der Waals surface area contributed by atoms with Crippen molar-refractivity contribution in [2.45, 2.75) is 56.7 Å². The molecule has 3 heteroatoms. The van der Waals surface area contributed by atoms with E-state index >= 15 is 0 Å². The van der Waals surface area contributed by atoms with Crippen LogP contribution in [-0.2, 0) is 4.74 Å². The summed E-state index contributed by atoms with van der Waals surface area (Å²) in [6.07, 6.45) is 1.01. The molecule has 1 unspecified atom stereocenters. The van der Waals surface area contributed by atoms with Crippen molar-refractivity contribution in [1.82, 2.24) is 0 Å². The van der Waals surface area contributed by atoms with Crippen molar-refractivity contribution in [2.24, 2.45) is 0 Å². The number of hydrogen-bond donors (Lipinski definition) is 0. The topological polar surface area (TPSA) is 9.23 Å². The Hall–Kier alpha value is 0.657. The molecule has 0 aromatic carbocycles. The third-order valence-electron chi connectivity index (χ3n) is 2.55. The predicted molar refractivity (Wildman–Crippen MR) is 62.2 cm³/mol. The van der Waals surface area contributed by atoms with E-state index in [-0.39, 0.29) is 10.6 Å². The quantitative estimate of drug-likeness (QED) is 0.552. The maximum Gasteiger partial charge on any atom is 0.113 e. The molecule has 0 aliphatic carbocycles. The second-order valence-electron chi connectivity index (χ2n) is 4.70. The molecule has 0 aliphatic rings. The zero-order valence-electron chi connectivity index (χ0n) is 9.07. The van der Waals surface area contributed by atoms with Gasteiger partial charge >= 0.3 is 0 Å². The lowest BCUT2D eigenvalue weighted by Crippen LogP contribution is -2.38. The van der Waals surface area contributed by atoms with E-state index in [0.29, 0.717) is 5.04 Å². The second kappa shape index (κ2) is 4.25. The summed E-state index contributed by atoms with van der Waals surface area (Å²) in [5.74, 6) is 0. The fraction of sp³-hybridized carbons (Fsp3) is 1.00. The summed E-state index contributed by atoms with van der Waals surface area (Å²) < 4.78 is 5.90. The lowest BCUT2D eigenvalue weighted by Gasteiger charge is -2.40. The van der Waals surface area contributed by atoms with Gasteiger partial charge in [0.2, 0.25) is 0 Å². The van der Waals surface area contributed by atoms with Gasteiger partial charge in [-0.1, -0.05) is 36.7 Å². The number of halogens is 1. The maximum atomic E-state index is 5.90. The summed E-state index contributed by atoms with van der Waals surface area (Å²) in [5, 5.41) is 0.509. The summed E-state index contributed by atoms with van der Waals surface area (Å²) in [6, 6.07) is 0. The minimum absolute atomic E-state index is 0.0244. The smallest absolute Gasteiger partial charge is 0.113 e. The van der Waals surface area contributed by atoms with Crippen LogP contribution in [0.2, 0.25) is 5.04 Å². The Kier molecular flexibility index (Phi) is 4.48. The van der Waals surface area contributed by atoms with Gasteiger partial charge in [-0.05, 0) is 25.3 Å². The molecular formula is C9H21BrOSi. The van der Waals surface area contributed by atoms with Crippen LogP contribution in [-0.4, -0.2) is 20.9 Å². The summed E-state index contributed by atoms with van der Waals surface area (Å²) in [4.78, 5) is 0. The fourth-order valence-corrected chi connectivity index (χ4v) is 1.16. The van der Waals surface area contributed by atoms with Crippen LogP contribution in [0, 0.1) is 0 Å². The Labute approximate surface area is 87.8 Å². The van der Waals surface area contributed by atoms with E-state index < -0.39 is 0 Å². The zero-order chi connectivity index (χ0) is 9.99. The number of alkyl halides is 1. The van der Waals surface area contributed by atoms with Gasteiger partial charge in [0.1, 0.15) is 5.01 Å². The predicted octanol–water partition coefficient (Wildman–Crippen LogP) is 2.48. The van der Waals surface area contributed by atoms with Gasteiger partial charge in [-0.15, -0.1) is 0 Å². The normalized spacial score (nSPS) is 16.5. The van der Waals surface area contributed by atoms with Crippen LogP contribution in [0.3, 0.4) is 0 Å². The third kappa shape index (κ3) is 3.58. The SMILES string of the molecule is CCC(Br)OC(C)(C)C(C)(C)[SiH3]. The number of hydrogen-bond acceptors (Lipinski definition) is 1. The monoisotopic (exact) mass is 252 g/mol. The maximum absolute atomic E-state index is 5.90. The Morgan fingerprint density at radius 3 is 2.00 bits per heavy atom. The average molecular weight is 253 g/mol. The van der Waals surface area contributed by atoms with Crippen molar-refractivity contribution in [3.63, 3.8) is 0 Å². The highest BCUT2D eigenvalue weighted by molar-refractivity contribution is 9.09.